The van der Waals surface area contributed by atoms with Gasteiger partial charge >= 0.3 is 0 Å². The molecule has 1 heterocycles. The first-order chi connectivity index (χ1) is 16.2. The van der Waals surface area contributed by atoms with Crippen molar-refractivity contribution in [3.63, 3.8) is 0 Å². The fraction of sp³-hybridized carbons (Fsp3) is 0.423. The first-order valence-corrected chi connectivity index (χ1v) is 12.7. The van der Waals surface area contributed by atoms with Crippen LogP contribution >= 0.6 is 11.8 Å². The number of methoxy groups -OCH3 is 1. The van der Waals surface area contributed by atoms with Gasteiger partial charge in [0.1, 0.15) is 0 Å². The summed E-state index contributed by atoms with van der Waals surface area (Å²) in [6.45, 7) is 1.05. The van der Waals surface area contributed by atoms with Crippen molar-refractivity contribution in [1.29, 1.82) is 0 Å². The molecule has 0 atom stereocenters. The molecular weight excluding hydrogens is 434 g/mol. The summed E-state index contributed by atoms with van der Waals surface area (Å²) in [5.74, 6) is 0.712. The van der Waals surface area contributed by atoms with E-state index >= 15 is 0 Å². The van der Waals surface area contributed by atoms with Gasteiger partial charge in [-0.15, -0.1) is 0 Å². The number of rotatable bonds is 9. The molecule has 0 spiro atoms. The summed E-state index contributed by atoms with van der Waals surface area (Å²) >= 11 is 1.29. The summed E-state index contributed by atoms with van der Waals surface area (Å²) in [4.78, 5) is 30.3. The summed E-state index contributed by atoms with van der Waals surface area (Å²) < 4.78 is 6.79. The van der Waals surface area contributed by atoms with Crippen LogP contribution < -0.4 is 10.9 Å². The molecular formula is C26H31N3O3S. The van der Waals surface area contributed by atoms with Gasteiger partial charge in [0.05, 0.1) is 16.7 Å². The number of nitrogens with zero attached hydrogens (tertiary/aromatic N) is 2. The van der Waals surface area contributed by atoms with Crippen LogP contribution in [0.25, 0.3) is 10.9 Å². The number of benzene rings is 2. The van der Waals surface area contributed by atoms with Gasteiger partial charge in [-0.2, -0.15) is 0 Å². The Morgan fingerprint density at radius 1 is 1.12 bits per heavy atom. The monoisotopic (exact) mass is 465 g/mol. The smallest absolute Gasteiger partial charge is 0.262 e. The predicted octanol–water partition coefficient (Wildman–Crippen LogP) is 5.21. The van der Waals surface area contributed by atoms with E-state index in [9.17, 15) is 9.59 Å². The number of carbonyl (C=O) groups is 1. The topological polar surface area (TPSA) is 73.2 Å². The molecule has 3 aromatic rings. The van der Waals surface area contributed by atoms with Crippen molar-refractivity contribution < 1.29 is 9.53 Å². The molecule has 0 saturated heterocycles. The van der Waals surface area contributed by atoms with Gasteiger partial charge in [0.25, 0.3) is 5.56 Å². The van der Waals surface area contributed by atoms with Crippen LogP contribution in [0.3, 0.4) is 0 Å². The van der Waals surface area contributed by atoms with Crippen LogP contribution in [0.1, 0.15) is 50.0 Å². The average Bonchev–Trinajstić information content (AvgIpc) is 2.85. The quantitative estimate of drug-likeness (QED) is 0.267. The highest BCUT2D eigenvalue weighted by Gasteiger charge is 2.16. The molecule has 1 fully saturated rings. The minimum atomic E-state index is -0.115. The van der Waals surface area contributed by atoms with Crippen molar-refractivity contribution in [3.8, 4) is 0 Å². The Labute approximate surface area is 198 Å². The molecule has 1 amide bonds. The highest BCUT2D eigenvalue weighted by Crippen LogP contribution is 2.33. The summed E-state index contributed by atoms with van der Waals surface area (Å²) in [6, 6.07) is 15.6. The number of fused-ring (bicyclic) bond motifs is 1. The third-order valence-electron chi connectivity index (χ3n) is 6.16. The minimum Gasteiger partial charge on any atom is -0.385 e. The van der Waals surface area contributed by atoms with E-state index < -0.39 is 0 Å². The largest absolute Gasteiger partial charge is 0.385 e. The predicted molar refractivity (Wildman–Crippen MR) is 134 cm³/mol. The zero-order chi connectivity index (χ0) is 23.0. The van der Waals surface area contributed by atoms with Gasteiger partial charge < -0.3 is 10.1 Å². The van der Waals surface area contributed by atoms with Crippen LogP contribution in [0.15, 0.2) is 58.5 Å². The lowest BCUT2D eigenvalue weighted by atomic mass is 9.84. The third kappa shape index (κ3) is 6.03. The summed E-state index contributed by atoms with van der Waals surface area (Å²) in [5.41, 5.74) is 2.72. The molecule has 174 valence electrons. The number of aromatic nitrogens is 2. The lowest BCUT2D eigenvalue weighted by molar-refractivity contribution is -0.113. The number of hydrogen-bond donors (Lipinski definition) is 1. The minimum absolute atomic E-state index is 0.0853. The number of carbonyl (C=O) groups excluding carboxylic acids is 1. The van der Waals surface area contributed by atoms with E-state index in [1.54, 1.807) is 17.7 Å². The number of thioether (sulfide) groups is 1. The highest BCUT2D eigenvalue weighted by molar-refractivity contribution is 7.99. The zero-order valence-electron chi connectivity index (χ0n) is 19.1. The highest BCUT2D eigenvalue weighted by atomic mass is 32.2. The molecule has 1 aliphatic carbocycles. The molecule has 4 rings (SSSR count). The van der Waals surface area contributed by atoms with Crippen molar-refractivity contribution in [2.24, 2.45) is 0 Å². The van der Waals surface area contributed by atoms with Crippen molar-refractivity contribution in [3.05, 3.63) is 64.4 Å². The van der Waals surface area contributed by atoms with Gasteiger partial charge in [0, 0.05) is 25.9 Å². The second kappa shape index (κ2) is 11.5. The first kappa shape index (κ1) is 23.5. The Bertz CT molecular complexity index is 1140. The number of para-hydroxylation sites is 1. The Morgan fingerprint density at radius 2 is 1.88 bits per heavy atom. The van der Waals surface area contributed by atoms with Gasteiger partial charge in [-0.05, 0) is 55.0 Å². The molecule has 0 unspecified atom stereocenters. The van der Waals surface area contributed by atoms with Crippen LogP contribution in [0.4, 0.5) is 5.69 Å². The van der Waals surface area contributed by atoms with Gasteiger partial charge in [0.15, 0.2) is 5.16 Å². The molecule has 0 radical (unpaired) electrons. The molecule has 0 bridgehead atoms. The van der Waals surface area contributed by atoms with E-state index in [1.807, 2.05) is 30.3 Å². The number of ether oxygens (including phenoxy) is 1. The van der Waals surface area contributed by atoms with Crippen LogP contribution in [0.5, 0.6) is 0 Å². The normalized spacial score (nSPS) is 14.5. The van der Waals surface area contributed by atoms with Gasteiger partial charge in [-0.25, -0.2) is 4.98 Å². The molecule has 1 aliphatic rings. The van der Waals surface area contributed by atoms with Crippen molar-refractivity contribution in [2.75, 3.05) is 24.8 Å². The van der Waals surface area contributed by atoms with E-state index in [1.165, 1.54) is 49.4 Å². The van der Waals surface area contributed by atoms with Crippen molar-refractivity contribution in [1.82, 2.24) is 9.55 Å². The van der Waals surface area contributed by atoms with E-state index in [0.717, 1.165) is 5.69 Å². The maximum absolute atomic E-state index is 13.0. The number of nitrogens with one attached hydrogen (secondary N) is 1. The molecule has 1 saturated carbocycles. The van der Waals surface area contributed by atoms with Crippen LogP contribution in [-0.4, -0.2) is 34.9 Å². The second-order valence-electron chi connectivity index (χ2n) is 8.51. The lowest BCUT2D eigenvalue weighted by Crippen LogP contribution is -2.25. The number of amides is 1. The van der Waals surface area contributed by atoms with E-state index in [2.05, 4.69) is 22.4 Å². The van der Waals surface area contributed by atoms with Crippen LogP contribution in [-0.2, 0) is 16.1 Å². The first-order valence-electron chi connectivity index (χ1n) is 11.7. The Morgan fingerprint density at radius 3 is 2.64 bits per heavy atom. The van der Waals surface area contributed by atoms with Gasteiger partial charge in [0.2, 0.25) is 5.91 Å². The Balaban J connectivity index is 1.42. The van der Waals surface area contributed by atoms with E-state index in [0.29, 0.717) is 41.5 Å². The molecule has 33 heavy (non-hydrogen) atoms. The van der Waals surface area contributed by atoms with Crippen molar-refractivity contribution in [2.45, 2.75) is 56.1 Å². The average molecular weight is 466 g/mol. The number of anilines is 1. The third-order valence-corrected chi connectivity index (χ3v) is 7.14. The van der Waals surface area contributed by atoms with Crippen LogP contribution in [0.2, 0.25) is 0 Å². The SMILES string of the molecule is COCCCn1c(SCC(=O)Nc2ccc(C3CCCCC3)cc2)nc2ccccc2c1=O. The Hall–Kier alpha value is -2.64. The van der Waals surface area contributed by atoms with E-state index in [4.69, 9.17) is 4.74 Å². The molecule has 2 aromatic carbocycles. The molecule has 1 aromatic heterocycles. The van der Waals surface area contributed by atoms with Crippen LogP contribution in [0, 0.1) is 0 Å². The Kier molecular flexibility index (Phi) is 8.18. The van der Waals surface area contributed by atoms with E-state index in [-0.39, 0.29) is 17.2 Å². The number of hydrogen-bond acceptors (Lipinski definition) is 5. The maximum atomic E-state index is 13.0. The van der Waals surface area contributed by atoms with Gasteiger partial charge in [-0.3, -0.25) is 14.2 Å². The summed E-state index contributed by atoms with van der Waals surface area (Å²) in [5, 5.41) is 4.11. The van der Waals surface area contributed by atoms with Gasteiger partial charge in [-0.1, -0.05) is 55.3 Å². The summed E-state index contributed by atoms with van der Waals surface area (Å²) in [6.07, 6.45) is 7.16. The fourth-order valence-corrected chi connectivity index (χ4v) is 5.25. The summed E-state index contributed by atoms with van der Waals surface area (Å²) in [7, 11) is 1.64. The molecule has 0 aliphatic heterocycles. The standard InChI is InChI=1S/C26H31N3O3S/c1-32-17-7-16-29-25(31)22-10-5-6-11-23(22)28-26(29)33-18-24(30)27-21-14-12-20(13-15-21)19-8-3-2-4-9-19/h5-6,10-15,19H,2-4,7-9,16-18H2,1H3,(H,27,30). The molecule has 6 nitrogen and oxygen atoms in total. The van der Waals surface area contributed by atoms with Crippen molar-refractivity contribution >= 4 is 34.3 Å². The zero-order valence-corrected chi connectivity index (χ0v) is 19.9. The fourth-order valence-electron chi connectivity index (χ4n) is 4.42. The second-order valence-corrected chi connectivity index (χ2v) is 9.45. The lowest BCUT2D eigenvalue weighted by Gasteiger charge is -2.22. The molecule has 1 N–H and O–H groups in total. The molecule has 7 heteroatoms. The maximum Gasteiger partial charge on any atom is 0.262 e.